The number of aryl methyl sites for hydroxylation is 1. The van der Waals surface area contributed by atoms with Gasteiger partial charge in [-0.15, -0.1) is 0 Å². The Balaban J connectivity index is 3.28. The Labute approximate surface area is 86.2 Å². The molecule has 0 unspecified atom stereocenters. The average Bonchev–Trinajstić information content (AvgIpc) is 2.17. The van der Waals surface area contributed by atoms with E-state index in [2.05, 4.69) is 43.1 Å². The summed E-state index contributed by atoms with van der Waals surface area (Å²) < 4.78 is 0. The number of allylic oxidation sites excluding steroid dienone is 3. The van der Waals surface area contributed by atoms with Crippen molar-refractivity contribution in [3.05, 3.63) is 41.2 Å². The zero-order valence-electron chi connectivity index (χ0n) is 9.33. The van der Waals surface area contributed by atoms with Crippen molar-refractivity contribution >= 4 is 11.6 Å². The van der Waals surface area contributed by atoms with Gasteiger partial charge < -0.3 is 0 Å². The Morgan fingerprint density at radius 1 is 1.36 bits per heavy atom. The summed E-state index contributed by atoms with van der Waals surface area (Å²) in [6.07, 6.45) is 8.23. The summed E-state index contributed by atoms with van der Waals surface area (Å²) in [5.41, 5.74) is 4.79. The molecule has 0 saturated carbocycles. The van der Waals surface area contributed by atoms with Gasteiger partial charge in [0.1, 0.15) is 0 Å². The summed E-state index contributed by atoms with van der Waals surface area (Å²) in [4.78, 5) is 4.32. The molecule has 0 spiro atoms. The molecule has 0 aliphatic rings. The zero-order chi connectivity index (χ0) is 10.6. The predicted molar refractivity (Wildman–Crippen MR) is 63.0 cm³/mol. The molecule has 1 heteroatoms. The molecule has 1 nitrogen and oxygen atoms in total. The Hall–Kier alpha value is -1.37. The Bertz CT molecular complexity index is 373. The minimum atomic E-state index is 1.06. The molecule has 14 heavy (non-hydrogen) atoms. The van der Waals surface area contributed by atoms with Crippen molar-refractivity contribution in [2.24, 2.45) is 0 Å². The molecule has 1 aromatic rings. The minimum absolute atomic E-state index is 1.06. The van der Waals surface area contributed by atoms with E-state index in [1.165, 1.54) is 16.7 Å². The molecule has 74 valence electrons. The van der Waals surface area contributed by atoms with Gasteiger partial charge in [0.2, 0.25) is 0 Å². The Kier molecular flexibility index (Phi) is 3.63. The molecule has 0 bridgehead atoms. The van der Waals surface area contributed by atoms with Gasteiger partial charge >= 0.3 is 0 Å². The number of hydrogen-bond acceptors (Lipinski definition) is 1. The lowest BCUT2D eigenvalue weighted by Crippen LogP contribution is -1.90. The van der Waals surface area contributed by atoms with Crippen LogP contribution in [0, 0.1) is 6.92 Å². The second kappa shape index (κ2) is 4.75. The first-order valence-corrected chi connectivity index (χ1v) is 4.91. The van der Waals surface area contributed by atoms with Gasteiger partial charge in [-0.1, -0.05) is 18.2 Å². The van der Waals surface area contributed by atoms with Gasteiger partial charge in [-0.05, 0) is 44.9 Å². The monoisotopic (exact) mass is 187 g/mol. The van der Waals surface area contributed by atoms with Gasteiger partial charge in [-0.25, -0.2) is 0 Å². The number of hydrogen-bond donors (Lipinski definition) is 0. The molecule has 1 heterocycles. The first-order chi connectivity index (χ1) is 6.69. The van der Waals surface area contributed by atoms with Gasteiger partial charge in [0.05, 0.1) is 0 Å². The van der Waals surface area contributed by atoms with Crippen molar-refractivity contribution in [3.63, 3.8) is 0 Å². The third kappa shape index (κ3) is 2.32. The van der Waals surface area contributed by atoms with Crippen molar-refractivity contribution in [1.29, 1.82) is 0 Å². The van der Waals surface area contributed by atoms with Gasteiger partial charge in [-0.3, -0.25) is 4.98 Å². The summed E-state index contributed by atoms with van der Waals surface area (Å²) in [6, 6.07) is 2.11. The third-order valence-corrected chi connectivity index (χ3v) is 2.28. The molecule has 0 fully saturated rings. The van der Waals surface area contributed by atoms with Crippen molar-refractivity contribution in [2.45, 2.75) is 27.7 Å². The fourth-order valence-corrected chi connectivity index (χ4v) is 1.38. The number of aromatic nitrogens is 1. The van der Waals surface area contributed by atoms with E-state index in [0.717, 1.165) is 5.69 Å². The highest BCUT2D eigenvalue weighted by Crippen LogP contribution is 2.19. The summed E-state index contributed by atoms with van der Waals surface area (Å²) in [7, 11) is 0. The van der Waals surface area contributed by atoms with E-state index in [9.17, 15) is 0 Å². The van der Waals surface area contributed by atoms with Crippen LogP contribution in [-0.4, -0.2) is 4.98 Å². The molecule has 0 N–H and O–H groups in total. The van der Waals surface area contributed by atoms with E-state index in [1.807, 2.05) is 20.0 Å². The third-order valence-electron chi connectivity index (χ3n) is 2.28. The van der Waals surface area contributed by atoms with Crippen LogP contribution < -0.4 is 0 Å². The van der Waals surface area contributed by atoms with Crippen LogP contribution in [0.2, 0.25) is 0 Å². The molecular weight excluding hydrogens is 170 g/mol. The first kappa shape index (κ1) is 10.7. The van der Waals surface area contributed by atoms with Gasteiger partial charge in [0.25, 0.3) is 0 Å². The highest BCUT2D eigenvalue weighted by atomic mass is 14.7. The second-order valence-electron chi connectivity index (χ2n) is 3.38. The topological polar surface area (TPSA) is 12.9 Å². The van der Waals surface area contributed by atoms with E-state index >= 15 is 0 Å². The molecule has 0 radical (unpaired) electrons. The van der Waals surface area contributed by atoms with E-state index < -0.39 is 0 Å². The van der Waals surface area contributed by atoms with Crippen molar-refractivity contribution in [3.8, 4) is 0 Å². The lowest BCUT2D eigenvalue weighted by atomic mass is 10.0. The zero-order valence-corrected chi connectivity index (χ0v) is 9.33. The SMILES string of the molecule is C/C=C\c1cc(C)ncc1/C(C)=C\C. The Morgan fingerprint density at radius 2 is 2.07 bits per heavy atom. The normalized spacial score (nSPS) is 12.4. The lowest BCUT2D eigenvalue weighted by Gasteiger charge is -2.06. The average molecular weight is 187 g/mol. The predicted octanol–water partition coefficient (Wildman–Crippen LogP) is 3.85. The van der Waals surface area contributed by atoms with Crippen molar-refractivity contribution in [2.75, 3.05) is 0 Å². The molecule has 0 aliphatic carbocycles. The maximum absolute atomic E-state index is 4.32. The number of rotatable bonds is 2. The maximum Gasteiger partial charge on any atom is 0.0379 e. The quantitative estimate of drug-likeness (QED) is 0.685. The van der Waals surface area contributed by atoms with Gasteiger partial charge in [0, 0.05) is 17.5 Å². The molecule has 0 atom stereocenters. The van der Waals surface area contributed by atoms with E-state index in [-0.39, 0.29) is 0 Å². The molecule has 0 amide bonds. The molecule has 0 aliphatic heterocycles. The smallest absolute Gasteiger partial charge is 0.0379 e. The maximum atomic E-state index is 4.32. The highest BCUT2D eigenvalue weighted by Gasteiger charge is 2.01. The van der Waals surface area contributed by atoms with Crippen LogP contribution in [0.3, 0.4) is 0 Å². The van der Waals surface area contributed by atoms with Crippen LogP contribution in [0.4, 0.5) is 0 Å². The van der Waals surface area contributed by atoms with Crippen LogP contribution >= 0.6 is 0 Å². The summed E-state index contributed by atoms with van der Waals surface area (Å²) in [5.74, 6) is 0. The minimum Gasteiger partial charge on any atom is -0.261 e. The first-order valence-electron chi connectivity index (χ1n) is 4.91. The molecule has 1 aromatic heterocycles. The molecule has 0 saturated heterocycles. The van der Waals surface area contributed by atoms with E-state index in [1.54, 1.807) is 0 Å². The molecule has 1 rings (SSSR count). The van der Waals surface area contributed by atoms with E-state index in [0.29, 0.717) is 0 Å². The largest absolute Gasteiger partial charge is 0.261 e. The van der Waals surface area contributed by atoms with Crippen LogP contribution in [0.1, 0.15) is 37.6 Å². The van der Waals surface area contributed by atoms with Gasteiger partial charge in [0.15, 0.2) is 0 Å². The van der Waals surface area contributed by atoms with Gasteiger partial charge in [-0.2, -0.15) is 0 Å². The fourth-order valence-electron chi connectivity index (χ4n) is 1.38. The number of nitrogens with zero attached hydrogens (tertiary/aromatic N) is 1. The number of pyridine rings is 1. The second-order valence-corrected chi connectivity index (χ2v) is 3.38. The summed E-state index contributed by atoms with van der Waals surface area (Å²) in [5, 5.41) is 0. The van der Waals surface area contributed by atoms with Crippen LogP contribution in [0.25, 0.3) is 11.6 Å². The fraction of sp³-hybridized carbons (Fsp3) is 0.308. The van der Waals surface area contributed by atoms with Crippen LogP contribution in [-0.2, 0) is 0 Å². The standard InChI is InChI=1S/C13H17N/c1-5-7-12-8-11(4)14-9-13(12)10(3)6-2/h5-9H,1-4H3/b7-5-,10-6-. The Morgan fingerprint density at radius 3 is 2.64 bits per heavy atom. The molecule has 0 aromatic carbocycles. The summed E-state index contributed by atoms with van der Waals surface area (Å²) >= 11 is 0. The van der Waals surface area contributed by atoms with Crippen molar-refractivity contribution < 1.29 is 0 Å². The summed E-state index contributed by atoms with van der Waals surface area (Å²) in [6.45, 7) is 8.21. The molecular formula is C13H17N. The lowest BCUT2D eigenvalue weighted by molar-refractivity contribution is 1.18. The van der Waals surface area contributed by atoms with E-state index in [4.69, 9.17) is 0 Å². The van der Waals surface area contributed by atoms with Crippen LogP contribution in [0.15, 0.2) is 24.4 Å². The van der Waals surface area contributed by atoms with Crippen LogP contribution in [0.5, 0.6) is 0 Å². The van der Waals surface area contributed by atoms with Crippen molar-refractivity contribution in [1.82, 2.24) is 4.98 Å². The highest BCUT2D eigenvalue weighted by molar-refractivity contribution is 5.72.